The van der Waals surface area contributed by atoms with Gasteiger partial charge in [-0.25, -0.2) is 13.2 Å². The van der Waals surface area contributed by atoms with Crippen LogP contribution in [0.4, 0.5) is 0 Å². The van der Waals surface area contributed by atoms with Crippen molar-refractivity contribution in [1.82, 2.24) is 9.29 Å². The first kappa shape index (κ1) is 13.4. The molecule has 1 aromatic carbocycles. The van der Waals surface area contributed by atoms with E-state index in [4.69, 9.17) is 4.42 Å². The van der Waals surface area contributed by atoms with Gasteiger partial charge in [0.25, 0.3) is 0 Å². The Bertz CT molecular complexity index is 767. The van der Waals surface area contributed by atoms with Gasteiger partial charge in [-0.2, -0.15) is 4.31 Å². The molecule has 6 nitrogen and oxygen atoms in total. The van der Waals surface area contributed by atoms with Crippen LogP contribution in [0.3, 0.4) is 0 Å². The van der Waals surface area contributed by atoms with Crippen LogP contribution in [-0.2, 0) is 10.0 Å². The first-order chi connectivity index (χ1) is 9.57. The van der Waals surface area contributed by atoms with Gasteiger partial charge in [-0.1, -0.05) is 12.8 Å². The van der Waals surface area contributed by atoms with Crippen molar-refractivity contribution < 1.29 is 12.8 Å². The van der Waals surface area contributed by atoms with Gasteiger partial charge >= 0.3 is 5.76 Å². The summed E-state index contributed by atoms with van der Waals surface area (Å²) in [6.45, 7) is 1.11. The number of sulfonamides is 1. The van der Waals surface area contributed by atoms with Crippen LogP contribution in [0.15, 0.2) is 32.3 Å². The zero-order chi connectivity index (χ0) is 14.2. The number of aromatic amines is 1. The molecule has 1 saturated heterocycles. The Balaban J connectivity index is 2.01. The Morgan fingerprint density at radius 3 is 2.50 bits per heavy atom. The van der Waals surface area contributed by atoms with Gasteiger partial charge in [-0.05, 0) is 25.0 Å². The minimum atomic E-state index is -3.51. The number of nitrogens with zero attached hydrogens (tertiary/aromatic N) is 1. The second-order valence-electron chi connectivity index (χ2n) is 4.99. The van der Waals surface area contributed by atoms with Crippen molar-refractivity contribution in [3.8, 4) is 0 Å². The number of fused-ring (bicyclic) bond motifs is 1. The number of hydrogen-bond donors (Lipinski definition) is 1. The van der Waals surface area contributed by atoms with Crippen molar-refractivity contribution >= 4 is 21.1 Å². The molecule has 0 amide bonds. The van der Waals surface area contributed by atoms with Gasteiger partial charge in [0.2, 0.25) is 10.0 Å². The van der Waals surface area contributed by atoms with Crippen molar-refractivity contribution in [2.75, 3.05) is 13.1 Å². The molecule has 1 aromatic heterocycles. The normalized spacial score (nSPS) is 18.2. The summed E-state index contributed by atoms with van der Waals surface area (Å²) in [4.78, 5) is 13.8. The highest BCUT2D eigenvalue weighted by atomic mass is 32.2. The third-order valence-corrected chi connectivity index (χ3v) is 5.49. The molecule has 0 atom stereocenters. The molecule has 0 spiro atoms. The van der Waals surface area contributed by atoms with Crippen molar-refractivity contribution in [3.63, 3.8) is 0 Å². The van der Waals surface area contributed by atoms with Gasteiger partial charge in [0.1, 0.15) is 0 Å². The summed E-state index contributed by atoms with van der Waals surface area (Å²) in [5.74, 6) is -0.579. The van der Waals surface area contributed by atoms with Crippen molar-refractivity contribution in [2.45, 2.75) is 30.6 Å². The molecule has 0 unspecified atom stereocenters. The van der Waals surface area contributed by atoms with E-state index in [1.165, 1.54) is 16.4 Å². The molecule has 1 aliphatic rings. The van der Waals surface area contributed by atoms with Gasteiger partial charge in [-0.3, -0.25) is 4.98 Å². The number of nitrogens with one attached hydrogen (secondary N) is 1. The van der Waals surface area contributed by atoms with Crippen molar-refractivity contribution in [1.29, 1.82) is 0 Å². The van der Waals surface area contributed by atoms with Gasteiger partial charge in [0.05, 0.1) is 10.4 Å². The molecule has 0 radical (unpaired) electrons. The average Bonchev–Trinajstić information content (AvgIpc) is 2.63. The molecule has 20 heavy (non-hydrogen) atoms. The molecule has 108 valence electrons. The second-order valence-corrected chi connectivity index (χ2v) is 6.93. The summed E-state index contributed by atoms with van der Waals surface area (Å²) < 4.78 is 31.6. The zero-order valence-electron chi connectivity index (χ0n) is 11.0. The Morgan fingerprint density at radius 2 is 1.80 bits per heavy atom. The lowest BCUT2D eigenvalue weighted by molar-refractivity contribution is 0.423. The van der Waals surface area contributed by atoms with Crippen LogP contribution in [0.1, 0.15) is 25.7 Å². The molecular weight excluding hydrogens is 280 g/mol. The Hall–Kier alpha value is -1.60. The monoisotopic (exact) mass is 296 g/mol. The van der Waals surface area contributed by atoms with Gasteiger partial charge in [0.15, 0.2) is 5.58 Å². The molecule has 0 aliphatic carbocycles. The fraction of sp³-hybridized carbons (Fsp3) is 0.462. The van der Waals surface area contributed by atoms with E-state index in [0.29, 0.717) is 18.6 Å². The van der Waals surface area contributed by atoms with Crippen LogP contribution in [0.25, 0.3) is 11.1 Å². The maximum Gasteiger partial charge on any atom is 0.417 e. The highest BCUT2D eigenvalue weighted by molar-refractivity contribution is 7.89. The molecule has 3 rings (SSSR count). The predicted octanol–water partition coefficient (Wildman–Crippen LogP) is 1.69. The lowest BCUT2D eigenvalue weighted by Gasteiger charge is -2.19. The standard InChI is InChI=1S/C13H16N2O4S/c16-13-14-11-6-5-10(9-12(11)19-13)20(17,18)15-7-3-1-2-4-8-15/h5-6,9H,1-4,7-8H2,(H,14,16). The minimum absolute atomic E-state index is 0.176. The summed E-state index contributed by atoms with van der Waals surface area (Å²) >= 11 is 0. The zero-order valence-corrected chi connectivity index (χ0v) is 11.8. The lowest BCUT2D eigenvalue weighted by atomic mass is 10.2. The Labute approximate surface area is 116 Å². The van der Waals surface area contributed by atoms with E-state index >= 15 is 0 Å². The summed E-state index contributed by atoms with van der Waals surface area (Å²) in [5.41, 5.74) is 0.774. The first-order valence-electron chi connectivity index (χ1n) is 6.70. The summed E-state index contributed by atoms with van der Waals surface area (Å²) in [6, 6.07) is 4.48. The maximum absolute atomic E-state index is 12.6. The van der Waals surface area contributed by atoms with Gasteiger partial charge < -0.3 is 4.42 Å². The van der Waals surface area contributed by atoms with E-state index in [1.807, 2.05) is 0 Å². The number of rotatable bonds is 2. The molecule has 2 heterocycles. The molecule has 1 N–H and O–H groups in total. The topological polar surface area (TPSA) is 83.4 Å². The van der Waals surface area contributed by atoms with E-state index < -0.39 is 15.8 Å². The molecule has 2 aromatic rings. The van der Waals surface area contributed by atoms with Crippen LogP contribution >= 0.6 is 0 Å². The van der Waals surface area contributed by atoms with Crippen LogP contribution in [0, 0.1) is 0 Å². The number of hydrogen-bond acceptors (Lipinski definition) is 4. The quantitative estimate of drug-likeness (QED) is 0.914. The minimum Gasteiger partial charge on any atom is -0.408 e. The Kier molecular flexibility index (Phi) is 3.39. The van der Waals surface area contributed by atoms with Crippen molar-refractivity contribution in [2.24, 2.45) is 0 Å². The van der Waals surface area contributed by atoms with Gasteiger partial charge in [0, 0.05) is 19.2 Å². The predicted molar refractivity (Wildman–Crippen MR) is 74.1 cm³/mol. The largest absolute Gasteiger partial charge is 0.417 e. The SMILES string of the molecule is O=c1[nH]c2ccc(S(=O)(=O)N3CCCCCC3)cc2o1. The van der Waals surface area contributed by atoms with E-state index in [0.717, 1.165) is 25.7 Å². The van der Waals surface area contributed by atoms with E-state index in [9.17, 15) is 13.2 Å². The third kappa shape index (κ3) is 2.38. The average molecular weight is 296 g/mol. The molecule has 0 saturated carbocycles. The first-order valence-corrected chi connectivity index (χ1v) is 8.14. The highest BCUT2D eigenvalue weighted by Crippen LogP contribution is 2.22. The summed E-state index contributed by atoms with van der Waals surface area (Å²) in [6.07, 6.45) is 3.91. The van der Waals surface area contributed by atoms with Crippen molar-refractivity contribution in [3.05, 3.63) is 28.7 Å². The molecule has 7 heteroatoms. The second kappa shape index (κ2) is 5.06. The third-order valence-electron chi connectivity index (χ3n) is 3.60. The van der Waals surface area contributed by atoms with Crippen LogP contribution in [0.2, 0.25) is 0 Å². The highest BCUT2D eigenvalue weighted by Gasteiger charge is 2.25. The van der Waals surface area contributed by atoms with E-state index in [2.05, 4.69) is 4.98 Å². The Morgan fingerprint density at radius 1 is 1.10 bits per heavy atom. The number of H-pyrrole nitrogens is 1. The number of benzene rings is 1. The smallest absolute Gasteiger partial charge is 0.408 e. The van der Waals surface area contributed by atoms with Gasteiger partial charge in [-0.15, -0.1) is 0 Å². The van der Waals surface area contributed by atoms with E-state index in [1.54, 1.807) is 6.07 Å². The van der Waals surface area contributed by atoms with E-state index in [-0.39, 0.29) is 10.5 Å². The van der Waals surface area contributed by atoms with Crippen LogP contribution in [-0.4, -0.2) is 30.8 Å². The lowest BCUT2D eigenvalue weighted by Crippen LogP contribution is -2.31. The fourth-order valence-corrected chi connectivity index (χ4v) is 4.05. The summed E-state index contributed by atoms with van der Waals surface area (Å²) in [5, 5.41) is 0. The van der Waals surface area contributed by atoms with Crippen LogP contribution < -0.4 is 5.76 Å². The number of oxazole rings is 1. The fourth-order valence-electron chi connectivity index (χ4n) is 2.52. The number of aromatic nitrogens is 1. The molecule has 0 bridgehead atoms. The molecule has 1 fully saturated rings. The molecular formula is C13H16N2O4S. The molecule has 1 aliphatic heterocycles. The summed E-state index contributed by atoms with van der Waals surface area (Å²) in [7, 11) is -3.51. The maximum atomic E-state index is 12.6. The van der Waals surface area contributed by atoms with Crippen LogP contribution in [0.5, 0.6) is 0 Å².